The van der Waals surface area contributed by atoms with E-state index in [0.717, 1.165) is 31.1 Å². The molecule has 1 aliphatic rings. The molecule has 1 aromatic rings. The summed E-state index contributed by atoms with van der Waals surface area (Å²) in [7, 11) is 2.05. The minimum Gasteiger partial charge on any atom is -0.391 e. The predicted octanol–water partition coefficient (Wildman–Crippen LogP) is 1.53. The normalized spacial score (nSPS) is 19.8. The molecule has 106 valence electrons. The number of aliphatic hydroxyl groups excluding tert-OH is 1. The molecule has 5 nitrogen and oxygen atoms in total. The Morgan fingerprint density at radius 1 is 1.42 bits per heavy atom. The zero-order chi connectivity index (χ0) is 14.0. The van der Waals surface area contributed by atoms with Crippen LogP contribution >= 0.6 is 0 Å². The lowest BCUT2D eigenvalue weighted by molar-refractivity contribution is 0.198. The van der Waals surface area contributed by atoms with E-state index in [2.05, 4.69) is 47.6 Å². The summed E-state index contributed by atoms with van der Waals surface area (Å²) in [5.74, 6) is 1.84. The second kappa shape index (κ2) is 5.33. The Morgan fingerprint density at radius 3 is 2.74 bits per heavy atom. The lowest BCUT2D eigenvalue weighted by Crippen LogP contribution is -2.30. The van der Waals surface area contributed by atoms with Crippen LogP contribution in [0.2, 0.25) is 0 Å². The maximum Gasteiger partial charge on any atom is 0.134 e. The number of rotatable bonds is 3. The van der Waals surface area contributed by atoms with Gasteiger partial charge in [0.25, 0.3) is 0 Å². The number of aliphatic hydroxyl groups is 1. The van der Waals surface area contributed by atoms with Crippen molar-refractivity contribution in [2.45, 2.75) is 33.3 Å². The van der Waals surface area contributed by atoms with Gasteiger partial charge in [-0.25, -0.2) is 9.97 Å². The van der Waals surface area contributed by atoms with Crippen molar-refractivity contribution < 1.29 is 5.11 Å². The third kappa shape index (κ3) is 3.80. The fourth-order valence-corrected chi connectivity index (χ4v) is 2.46. The molecule has 5 heteroatoms. The summed E-state index contributed by atoms with van der Waals surface area (Å²) in [6.45, 7) is 9.10. The number of hydrogen-bond acceptors (Lipinski definition) is 5. The van der Waals surface area contributed by atoms with E-state index < -0.39 is 0 Å². The molecule has 2 heterocycles. The summed E-state index contributed by atoms with van der Waals surface area (Å²) < 4.78 is 0. The second-order valence-corrected chi connectivity index (χ2v) is 6.54. The first-order chi connectivity index (χ1) is 8.85. The van der Waals surface area contributed by atoms with Crippen molar-refractivity contribution in [2.75, 3.05) is 36.5 Å². The van der Waals surface area contributed by atoms with Gasteiger partial charge in [0, 0.05) is 32.7 Å². The number of nitrogens with zero attached hydrogens (tertiary/aromatic N) is 4. The topological polar surface area (TPSA) is 52.5 Å². The average molecular weight is 264 g/mol. The van der Waals surface area contributed by atoms with Crippen molar-refractivity contribution in [3.05, 3.63) is 12.4 Å². The Labute approximate surface area is 115 Å². The van der Waals surface area contributed by atoms with E-state index >= 15 is 0 Å². The van der Waals surface area contributed by atoms with Crippen LogP contribution in [0.4, 0.5) is 11.6 Å². The standard InChI is InChI=1S/C14H24N4O/c1-14(2,3)9-17(4)12-7-13(16-10-15-12)18-6-5-11(19)8-18/h7,10-11,19H,5-6,8-9H2,1-4H3. The summed E-state index contributed by atoms with van der Waals surface area (Å²) in [6, 6.07) is 2.00. The molecule has 0 aromatic carbocycles. The first-order valence-corrected chi connectivity index (χ1v) is 6.81. The van der Waals surface area contributed by atoms with E-state index in [0.29, 0.717) is 6.54 Å². The van der Waals surface area contributed by atoms with Gasteiger partial charge in [-0.05, 0) is 11.8 Å². The van der Waals surface area contributed by atoms with Gasteiger partial charge in [-0.3, -0.25) is 0 Å². The first kappa shape index (κ1) is 14.1. The fraction of sp³-hybridized carbons (Fsp3) is 0.714. The molecule has 1 saturated heterocycles. The van der Waals surface area contributed by atoms with Crippen LogP contribution in [0.3, 0.4) is 0 Å². The maximum absolute atomic E-state index is 9.60. The van der Waals surface area contributed by atoms with Gasteiger partial charge in [-0.1, -0.05) is 20.8 Å². The quantitative estimate of drug-likeness (QED) is 0.897. The van der Waals surface area contributed by atoms with Crippen LogP contribution in [-0.2, 0) is 0 Å². The minimum atomic E-state index is -0.231. The van der Waals surface area contributed by atoms with Crippen molar-refractivity contribution in [3.63, 3.8) is 0 Å². The van der Waals surface area contributed by atoms with Crippen molar-refractivity contribution in [1.29, 1.82) is 0 Å². The molecule has 0 bridgehead atoms. The summed E-state index contributed by atoms with van der Waals surface area (Å²) in [6.07, 6.45) is 2.19. The van der Waals surface area contributed by atoms with E-state index in [-0.39, 0.29) is 11.5 Å². The molecule has 0 radical (unpaired) electrons. The molecule has 19 heavy (non-hydrogen) atoms. The summed E-state index contributed by atoms with van der Waals surface area (Å²) in [5.41, 5.74) is 0.226. The van der Waals surface area contributed by atoms with Crippen molar-refractivity contribution in [3.8, 4) is 0 Å². The smallest absolute Gasteiger partial charge is 0.134 e. The van der Waals surface area contributed by atoms with Gasteiger partial charge in [0.05, 0.1) is 6.10 Å². The second-order valence-electron chi connectivity index (χ2n) is 6.54. The summed E-state index contributed by atoms with van der Waals surface area (Å²) in [5, 5.41) is 9.60. The first-order valence-electron chi connectivity index (χ1n) is 6.81. The van der Waals surface area contributed by atoms with Crippen LogP contribution in [0.25, 0.3) is 0 Å². The van der Waals surface area contributed by atoms with E-state index in [1.165, 1.54) is 0 Å². The van der Waals surface area contributed by atoms with Crippen LogP contribution in [0.1, 0.15) is 27.2 Å². The van der Waals surface area contributed by atoms with Crippen molar-refractivity contribution in [2.24, 2.45) is 5.41 Å². The Morgan fingerprint density at radius 2 is 2.16 bits per heavy atom. The summed E-state index contributed by atoms with van der Waals surface area (Å²) in [4.78, 5) is 12.9. The molecule has 1 aromatic heterocycles. The molecular formula is C14H24N4O. The molecule has 1 aliphatic heterocycles. The molecule has 0 spiro atoms. The molecular weight excluding hydrogens is 240 g/mol. The molecule has 0 amide bonds. The van der Waals surface area contributed by atoms with Gasteiger partial charge in [-0.15, -0.1) is 0 Å². The van der Waals surface area contributed by atoms with Crippen LogP contribution in [0.15, 0.2) is 12.4 Å². The van der Waals surface area contributed by atoms with Crippen molar-refractivity contribution >= 4 is 11.6 Å². The fourth-order valence-electron chi connectivity index (χ4n) is 2.46. The molecule has 0 saturated carbocycles. The van der Waals surface area contributed by atoms with E-state index in [1.54, 1.807) is 6.33 Å². The van der Waals surface area contributed by atoms with Crippen LogP contribution in [0.5, 0.6) is 0 Å². The van der Waals surface area contributed by atoms with Crippen molar-refractivity contribution in [1.82, 2.24) is 9.97 Å². The molecule has 0 aliphatic carbocycles. The van der Waals surface area contributed by atoms with Gasteiger partial charge >= 0.3 is 0 Å². The van der Waals surface area contributed by atoms with E-state index in [1.807, 2.05) is 6.07 Å². The Hall–Kier alpha value is -1.36. The SMILES string of the molecule is CN(CC(C)(C)C)c1cc(N2CCC(O)C2)ncn1. The highest BCUT2D eigenvalue weighted by Crippen LogP contribution is 2.23. The highest BCUT2D eigenvalue weighted by atomic mass is 16.3. The minimum absolute atomic E-state index is 0.226. The van der Waals surface area contributed by atoms with Gasteiger partial charge in [0.1, 0.15) is 18.0 Å². The van der Waals surface area contributed by atoms with Crippen LogP contribution in [-0.4, -0.2) is 47.9 Å². The molecule has 1 atom stereocenters. The van der Waals surface area contributed by atoms with E-state index in [4.69, 9.17) is 0 Å². The van der Waals surface area contributed by atoms with Gasteiger partial charge in [0.15, 0.2) is 0 Å². The highest BCUT2D eigenvalue weighted by molar-refractivity contribution is 5.50. The Bertz CT molecular complexity index is 430. The third-order valence-electron chi connectivity index (χ3n) is 3.23. The third-order valence-corrected chi connectivity index (χ3v) is 3.23. The predicted molar refractivity (Wildman–Crippen MR) is 77.6 cm³/mol. The number of aromatic nitrogens is 2. The molecule has 1 fully saturated rings. The summed E-state index contributed by atoms with van der Waals surface area (Å²) >= 11 is 0. The molecule has 2 rings (SSSR count). The largest absolute Gasteiger partial charge is 0.391 e. The maximum atomic E-state index is 9.60. The number of hydrogen-bond donors (Lipinski definition) is 1. The zero-order valence-corrected chi connectivity index (χ0v) is 12.3. The number of β-amino-alcohol motifs (C(OH)–C–C–N with tert-alkyl or cyclic N) is 1. The average Bonchev–Trinajstić information content (AvgIpc) is 2.74. The van der Waals surface area contributed by atoms with Crippen LogP contribution in [0, 0.1) is 5.41 Å². The van der Waals surface area contributed by atoms with Gasteiger partial charge in [0.2, 0.25) is 0 Å². The molecule has 1 unspecified atom stereocenters. The lowest BCUT2D eigenvalue weighted by atomic mass is 9.96. The Kier molecular flexibility index (Phi) is 3.94. The van der Waals surface area contributed by atoms with Crippen LogP contribution < -0.4 is 9.80 Å². The Balaban J connectivity index is 2.10. The number of anilines is 2. The zero-order valence-electron chi connectivity index (χ0n) is 12.3. The highest BCUT2D eigenvalue weighted by Gasteiger charge is 2.22. The van der Waals surface area contributed by atoms with Gasteiger partial charge < -0.3 is 14.9 Å². The van der Waals surface area contributed by atoms with E-state index in [9.17, 15) is 5.11 Å². The monoisotopic (exact) mass is 264 g/mol. The molecule has 1 N–H and O–H groups in total. The lowest BCUT2D eigenvalue weighted by Gasteiger charge is -2.28. The van der Waals surface area contributed by atoms with Gasteiger partial charge in [-0.2, -0.15) is 0 Å².